The van der Waals surface area contributed by atoms with E-state index in [2.05, 4.69) is 23.6 Å². The number of benzene rings is 1. The number of aliphatic carboxylic acids is 1. The van der Waals surface area contributed by atoms with Crippen LogP contribution in [-0.2, 0) is 17.8 Å². The van der Waals surface area contributed by atoms with Gasteiger partial charge in [0.15, 0.2) is 0 Å². The predicted molar refractivity (Wildman–Crippen MR) is 77.5 cm³/mol. The van der Waals surface area contributed by atoms with Gasteiger partial charge in [0.25, 0.3) is 0 Å². The number of rotatable bonds is 8. The minimum atomic E-state index is -0.800. The number of carbonyl (C=O) groups is 2. The molecule has 0 unspecified atom stereocenters. The summed E-state index contributed by atoms with van der Waals surface area (Å²) >= 11 is 0. The molecule has 0 saturated heterocycles. The van der Waals surface area contributed by atoms with E-state index < -0.39 is 5.97 Å². The van der Waals surface area contributed by atoms with E-state index in [1.807, 2.05) is 18.2 Å². The Morgan fingerprint density at radius 3 is 2.45 bits per heavy atom. The molecular formula is C15H22N2O3. The van der Waals surface area contributed by atoms with Crippen molar-refractivity contribution in [3.63, 3.8) is 0 Å². The Hall–Kier alpha value is -2.04. The molecular weight excluding hydrogens is 256 g/mol. The molecule has 0 fully saturated rings. The van der Waals surface area contributed by atoms with Crippen LogP contribution in [0.15, 0.2) is 24.3 Å². The summed E-state index contributed by atoms with van der Waals surface area (Å²) in [5.41, 5.74) is 2.35. The van der Waals surface area contributed by atoms with E-state index in [1.54, 1.807) is 0 Å². The van der Waals surface area contributed by atoms with E-state index in [-0.39, 0.29) is 12.5 Å². The smallest absolute Gasteiger partial charge is 0.315 e. The highest BCUT2D eigenvalue weighted by Crippen LogP contribution is 2.08. The summed E-state index contributed by atoms with van der Waals surface area (Å²) in [7, 11) is 0. The number of aryl methyl sites for hydroxylation is 1. The Bertz CT molecular complexity index is 446. The zero-order valence-corrected chi connectivity index (χ0v) is 11.8. The molecule has 0 bridgehead atoms. The van der Waals surface area contributed by atoms with E-state index in [1.165, 1.54) is 5.56 Å². The zero-order chi connectivity index (χ0) is 14.8. The number of carbonyl (C=O) groups excluding carboxylic acids is 1. The first-order valence-corrected chi connectivity index (χ1v) is 6.93. The lowest BCUT2D eigenvalue weighted by Gasteiger charge is -2.10. The van der Waals surface area contributed by atoms with Crippen LogP contribution in [0.3, 0.4) is 0 Å². The third-order valence-corrected chi connectivity index (χ3v) is 3.04. The van der Waals surface area contributed by atoms with E-state index in [4.69, 9.17) is 5.11 Å². The molecule has 0 aliphatic rings. The summed E-state index contributed by atoms with van der Waals surface area (Å²) in [5.74, 6) is -0.800. The van der Waals surface area contributed by atoms with Crippen molar-refractivity contribution in [3.05, 3.63) is 35.4 Å². The number of amides is 2. The summed E-state index contributed by atoms with van der Waals surface area (Å²) in [6, 6.07) is 7.80. The first-order chi connectivity index (χ1) is 9.63. The average molecular weight is 278 g/mol. The minimum Gasteiger partial charge on any atom is -0.481 e. The lowest BCUT2D eigenvalue weighted by Crippen LogP contribution is -2.35. The van der Waals surface area contributed by atoms with Crippen molar-refractivity contribution in [1.29, 1.82) is 0 Å². The van der Waals surface area contributed by atoms with Crippen molar-refractivity contribution < 1.29 is 14.7 Å². The fraction of sp³-hybridized carbons (Fsp3) is 0.467. The van der Waals surface area contributed by atoms with Gasteiger partial charge < -0.3 is 15.7 Å². The SMILES string of the molecule is CCc1ccccc1CNC(=O)NCCCCC(=O)O. The van der Waals surface area contributed by atoms with Crippen LogP contribution in [0.25, 0.3) is 0 Å². The maximum absolute atomic E-state index is 11.6. The maximum atomic E-state index is 11.6. The molecule has 0 saturated carbocycles. The van der Waals surface area contributed by atoms with E-state index >= 15 is 0 Å². The largest absolute Gasteiger partial charge is 0.481 e. The van der Waals surface area contributed by atoms with Gasteiger partial charge in [-0.15, -0.1) is 0 Å². The van der Waals surface area contributed by atoms with Gasteiger partial charge in [0.2, 0.25) is 0 Å². The van der Waals surface area contributed by atoms with Crippen LogP contribution in [0.1, 0.15) is 37.3 Å². The molecule has 0 spiro atoms. The second-order valence-corrected chi connectivity index (χ2v) is 4.58. The number of carboxylic acids is 1. The topological polar surface area (TPSA) is 78.4 Å². The predicted octanol–water partition coefficient (Wildman–Crippen LogP) is 2.30. The highest BCUT2D eigenvalue weighted by molar-refractivity contribution is 5.73. The minimum absolute atomic E-state index is 0.146. The fourth-order valence-electron chi connectivity index (χ4n) is 1.92. The highest BCUT2D eigenvalue weighted by atomic mass is 16.4. The molecule has 0 aromatic heterocycles. The normalized spacial score (nSPS) is 10.1. The molecule has 5 heteroatoms. The quantitative estimate of drug-likeness (QED) is 0.638. The monoisotopic (exact) mass is 278 g/mol. The number of carboxylic acid groups (broad SMARTS) is 1. The molecule has 0 heterocycles. The third-order valence-electron chi connectivity index (χ3n) is 3.04. The van der Waals surface area contributed by atoms with Crippen LogP contribution in [-0.4, -0.2) is 23.7 Å². The lowest BCUT2D eigenvalue weighted by molar-refractivity contribution is -0.137. The van der Waals surface area contributed by atoms with E-state index in [9.17, 15) is 9.59 Å². The Labute approximate surface area is 119 Å². The maximum Gasteiger partial charge on any atom is 0.315 e. The lowest BCUT2D eigenvalue weighted by atomic mass is 10.1. The number of hydrogen-bond acceptors (Lipinski definition) is 2. The Morgan fingerprint density at radius 2 is 1.80 bits per heavy atom. The average Bonchev–Trinajstić information content (AvgIpc) is 2.44. The molecule has 0 aliphatic carbocycles. The molecule has 0 radical (unpaired) electrons. The van der Waals surface area contributed by atoms with Crippen LogP contribution in [0.2, 0.25) is 0 Å². The molecule has 3 N–H and O–H groups in total. The number of nitrogens with one attached hydrogen (secondary N) is 2. The first-order valence-electron chi connectivity index (χ1n) is 6.93. The van der Waals surface area contributed by atoms with Gasteiger partial charge in [0.05, 0.1) is 0 Å². The molecule has 110 valence electrons. The summed E-state index contributed by atoms with van der Waals surface area (Å²) in [6.45, 7) is 3.08. The van der Waals surface area contributed by atoms with Crippen molar-refractivity contribution in [2.45, 2.75) is 39.2 Å². The van der Waals surface area contributed by atoms with Crippen LogP contribution in [0, 0.1) is 0 Å². The Balaban J connectivity index is 2.21. The van der Waals surface area contributed by atoms with Gasteiger partial charge in [-0.1, -0.05) is 31.2 Å². The first kappa shape index (κ1) is 16.0. The molecule has 2 amide bonds. The van der Waals surface area contributed by atoms with Gasteiger partial charge in [0, 0.05) is 19.5 Å². The Kier molecular flexibility index (Phi) is 7.17. The third kappa shape index (κ3) is 6.22. The number of urea groups is 1. The van der Waals surface area contributed by atoms with Crippen LogP contribution >= 0.6 is 0 Å². The highest BCUT2D eigenvalue weighted by Gasteiger charge is 2.03. The van der Waals surface area contributed by atoms with E-state index in [0.29, 0.717) is 25.9 Å². The molecule has 1 rings (SSSR count). The van der Waals surface area contributed by atoms with Crippen molar-refractivity contribution in [1.82, 2.24) is 10.6 Å². The summed E-state index contributed by atoms with van der Waals surface area (Å²) in [4.78, 5) is 21.9. The second-order valence-electron chi connectivity index (χ2n) is 4.58. The van der Waals surface area contributed by atoms with Gasteiger partial charge in [-0.25, -0.2) is 4.79 Å². The van der Waals surface area contributed by atoms with Gasteiger partial charge in [0.1, 0.15) is 0 Å². The van der Waals surface area contributed by atoms with E-state index in [0.717, 1.165) is 12.0 Å². The molecule has 5 nitrogen and oxygen atoms in total. The van der Waals surface area contributed by atoms with Gasteiger partial charge >= 0.3 is 12.0 Å². The number of unbranched alkanes of at least 4 members (excludes halogenated alkanes) is 1. The summed E-state index contributed by atoms with van der Waals surface area (Å²) in [5, 5.41) is 14.0. The molecule has 1 aromatic carbocycles. The van der Waals surface area contributed by atoms with Crippen LogP contribution in [0.4, 0.5) is 4.79 Å². The Morgan fingerprint density at radius 1 is 1.10 bits per heavy atom. The van der Waals surface area contributed by atoms with Gasteiger partial charge in [-0.2, -0.15) is 0 Å². The molecule has 0 aliphatic heterocycles. The fourth-order valence-corrected chi connectivity index (χ4v) is 1.92. The van der Waals surface area contributed by atoms with Gasteiger partial charge in [-0.3, -0.25) is 4.79 Å². The van der Waals surface area contributed by atoms with Crippen molar-refractivity contribution in [3.8, 4) is 0 Å². The number of hydrogen-bond donors (Lipinski definition) is 3. The zero-order valence-electron chi connectivity index (χ0n) is 11.8. The summed E-state index contributed by atoms with van der Waals surface area (Å²) in [6.07, 6.45) is 2.33. The van der Waals surface area contributed by atoms with Crippen LogP contribution in [0.5, 0.6) is 0 Å². The van der Waals surface area contributed by atoms with Crippen molar-refractivity contribution in [2.24, 2.45) is 0 Å². The standard InChI is InChI=1S/C15H22N2O3/c1-2-12-7-3-4-8-13(12)11-17-15(20)16-10-6-5-9-14(18)19/h3-4,7-8H,2,5-6,9-11H2,1H3,(H,18,19)(H2,16,17,20). The van der Waals surface area contributed by atoms with Gasteiger partial charge in [-0.05, 0) is 30.4 Å². The van der Waals surface area contributed by atoms with Crippen molar-refractivity contribution >= 4 is 12.0 Å². The molecule has 20 heavy (non-hydrogen) atoms. The van der Waals surface area contributed by atoms with Crippen molar-refractivity contribution in [2.75, 3.05) is 6.54 Å². The summed E-state index contributed by atoms with van der Waals surface area (Å²) < 4.78 is 0. The molecule has 1 aromatic rings. The van der Waals surface area contributed by atoms with Crippen LogP contribution < -0.4 is 10.6 Å². The second kappa shape index (κ2) is 8.96. The molecule has 0 atom stereocenters.